The summed E-state index contributed by atoms with van der Waals surface area (Å²) in [5.74, 6) is -1.39. The van der Waals surface area contributed by atoms with Gasteiger partial charge in [0, 0.05) is 26.0 Å². The van der Waals surface area contributed by atoms with Gasteiger partial charge < -0.3 is 72.0 Å². The van der Waals surface area contributed by atoms with Crippen LogP contribution in [-0.2, 0) is 76.0 Å². The van der Waals surface area contributed by atoms with Crippen LogP contribution in [0.5, 0.6) is 0 Å². The number of unbranched alkanes of at least 4 members (excludes halogenated alkanes) is 12. The summed E-state index contributed by atoms with van der Waals surface area (Å²) < 4.78 is 71.1. The van der Waals surface area contributed by atoms with Gasteiger partial charge in [-0.3, -0.25) is 14.4 Å². The smallest absolute Gasteiger partial charge is 0.305 e. The molecule has 0 rings (SSSR count). The van der Waals surface area contributed by atoms with Crippen molar-refractivity contribution in [3.8, 4) is 0 Å². The first-order chi connectivity index (χ1) is 32.1. The number of carboxylic acids is 1. The van der Waals surface area contributed by atoms with Crippen molar-refractivity contribution < 1.29 is 81.1 Å². The number of esters is 1. The average Bonchev–Trinajstić information content (AvgIpc) is 3.30. The molecule has 0 aliphatic rings. The van der Waals surface area contributed by atoms with Crippen LogP contribution in [0.4, 0.5) is 0 Å². The summed E-state index contributed by atoms with van der Waals surface area (Å²) in [6, 6.07) is 0. The lowest BCUT2D eigenvalue weighted by atomic mass is 10.0. The van der Waals surface area contributed by atoms with Crippen molar-refractivity contribution in [2.24, 2.45) is 0 Å². The Morgan fingerprint density at radius 3 is 0.908 bits per heavy atom. The number of ether oxygens (including phenoxy) is 13. The number of carboxylic acid groups (broad SMARTS) is 1. The molecule has 0 aliphatic heterocycles. The van der Waals surface area contributed by atoms with Crippen LogP contribution >= 0.6 is 0 Å². The number of rotatable bonds is 57. The first-order valence-corrected chi connectivity index (χ1v) is 24.6. The standard InChI is InChI=1S/C47H91NO17/c1-2-3-4-5-6-7-8-9-10-11-12-13-14-16-47(52)65-44-43-64-42-41-63-40-39-62-38-37-61-36-35-60-34-33-59-32-31-58-30-29-57-28-27-56-26-25-55-24-23-54-22-21-53-20-15-19-48-45(49)17-18-46(50)51/h2-44H2,1H3,(H,48,49)(H,50,51). The molecule has 2 N–H and O–H groups in total. The van der Waals surface area contributed by atoms with E-state index in [-0.39, 0.29) is 31.3 Å². The van der Waals surface area contributed by atoms with Crippen molar-refractivity contribution in [2.75, 3.05) is 172 Å². The van der Waals surface area contributed by atoms with E-state index in [4.69, 9.17) is 66.7 Å². The van der Waals surface area contributed by atoms with Crippen LogP contribution in [0.2, 0.25) is 0 Å². The SMILES string of the molecule is CCCCCCCCCCCCCCCC(=O)OCCOCCOCCOCCOCCOCCOCCOCCOCCOCCOCCOCCOCCCNC(=O)CCC(=O)O. The van der Waals surface area contributed by atoms with Crippen LogP contribution in [0, 0.1) is 0 Å². The zero-order chi connectivity index (χ0) is 47.0. The molecule has 0 unspecified atom stereocenters. The summed E-state index contributed by atoms with van der Waals surface area (Å²) in [4.78, 5) is 33.7. The second-order valence-electron chi connectivity index (χ2n) is 15.2. The van der Waals surface area contributed by atoms with Crippen LogP contribution < -0.4 is 5.32 Å². The number of hydrogen-bond donors (Lipinski definition) is 2. The summed E-state index contributed by atoms with van der Waals surface area (Å²) in [6.07, 6.45) is 17.7. The number of hydrogen-bond acceptors (Lipinski definition) is 16. The Balaban J connectivity index is 3.14. The number of aliphatic carboxylic acids is 1. The highest BCUT2D eigenvalue weighted by molar-refractivity contribution is 5.80. The molecule has 0 saturated heterocycles. The van der Waals surface area contributed by atoms with Gasteiger partial charge in [0.25, 0.3) is 0 Å². The number of amides is 1. The van der Waals surface area contributed by atoms with Crippen molar-refractivity contribution in [3.63, 3.8) is 0 Å². The monoisotopic (exact) mass is 942 g/mol. The van der Waals surface area contributed by atoms with Gasteiger partial charge in [0.1, 0.15) is 6.61 Å². The van der Waals surface area contributed by atoms with E-state index in [9.17, 15) is 14.4 Å². The first kappa shape index (κ1) is 62.9. The molecule has 0 aliphatic carbocycles. The molecule has 0 spiro atoms. The molecule has 386 valence electrons. The summed E-state index contributed by atoms with van der Waals surface area (Å²) in [6.45, 7) is 14.2. The van der Waals surface area contributed by atoms with Gasteiger partial charge >= 0.3 is 11.9 Å². The molecule has 0 bridgehead atoms. The fourth-order valence-corrected chi connectivity index (χ4v) is 5.81. The topological polar surface area (TPSA) is 203 Å². The highest BCUT2D eigenvalue weighted by Gasteiger charge is 2.05. The molecule has 0 fully saturated rings. The maximum atomic E-state index is 11.9. The lowest BCUT2D eigenvalue weighted by Gasteiger charge is -2.09. The summed E-state index contributed by atoms with van der Waals surface area (Å²) in [7, 11) is 0. The minimum atomic E-state index is -0.985. The fraction of sp³-hybridized carbons (Fsp3) is 0.936. The van der Waals surface area contributed by atoms with Crippen molar-refractivity contribution in [1.29, 1.82) is 0 Å². The van der Waals surface area contributed by atoms with Gasteiger partial charge in [-0.2, -0.15) is 0 Å². The Morgan fingerprint density at radius 2 is 0.600 bits per heavy atom. The highest BCUT2D eigenvalue weighted by atomic mass is 16.6. The van der Waals surface area contributed by atoms with Gasteiger partial charge in [-0.25, -0.2) is 0 Å². The van der Waals surface area contributed by atoms with Crippen molar-refractivity contribution in [1.82, 2.24) is 5.32 Å². The molecule has 0 saturated carbocycles. The molecular weight excluding hydrogens is 851 g/mol. The van der Waals surface area contributed by atoms with E-state index in [2.05, 4.69) is 12.2 Å². The van der Waals surface area contributed by atoms with Crippen molar-refractivity contribution in [3.05, 3.63) is 0 Å². The molecule has 0 radical (unpaired) electrons. The second-order valence-corrected chi connectivity index (χ2v) is 15.2. The molecule has 18 nitrogen and oxygen atoms in total. The molecule has 1 amide bonds. The summed E-state index contributed by atoms with van der Waals surface area (Å²) in [5.41, 5.74) is 0. The largest absolute Gasteiger partial charge is 0.481 e. The van der Waals surface area contributed by atoms with Crippen molar-refractivity contribution in [2.45, 2.75) is 116 Å². The van der Waals surface area contributed by atoms with Crippen LogP contribution in [0.15, 0.2) is 0 Å². The van der Waals surface area contributed by atoms with E-state index >= 15 is 0 Å². The Kier molecular flexibility index (Phi) is 54.5. The number of carbonyl (C=O) groups is 3. The third-order valence-electron chi connectivity index (χ3n) is 9.42. The lowest BCUT2D eigenvalue weighted by molar-refractivity contribution is -0.145. The van der Waals surface area contributed by atoms with Gasteiger partial charge in [0.15, 0.2) is 0 Å². The Bertz CT molecular complexity index is 983. The zero-order valence-electron chi connectivity index (χ0n) is 40.4. The molecule has 0 aromatic carbocycles. The van der Waals surface area contributed by atoms with E-state index in [1.54, 1.807) is 0 Å². The molecule has 0 aromatic heterocycles. The van der Waals surface area contributed by atoms with Crippen LogP contribution in [0.1, 0.15) is 116 Å². The van der Waals surface area contributed by atoms with E-state index in [0.29, 0.717) is 178 Å². The van der Waals surface area contributed by atoms with Crippen molar-refractivity contribution >= 4 is 17.8 Å². The zero-order valence-corrected chi connectivity index (χ0v) is 40.4. The molecular formula is C47H91NO17. The van der Waals surface area contributed by atoms with Gasteiger partial charge in [0.05, 0.1) is 158 Å². The van der Waals surface area contributed by atoms with Gasteiger partial charge in [-0.1, -0.05) is 84.0 Å². The third-order valence-corrected chi connectivity index (χ3v) is 9.42. The average molecular weight is 942 g/mol. The summed E-state index contributed by atoms with van der Waals surface area (Å²) >= 11 is 0. The first-order valence-electron chi connectivity index (χ1n) is 24.6. The second kappa shape index (κ2) is 56.3. The predicted octanol–water partition coefficient (Wildman–Crippen LogP) is 5.58. The summed E-state index contributed by atoms with van der Waals surface area (Å²) in [5, 5.41) is 11.2. The number of nitrogens with one attached hydrogen (secondary N) is 1. The maximum Gasteiger partial charge on any atom is 0.305 e. The third kappa shape index (κ3) is 58.0. The van der Waals surface area contributed by atoms with Gasteiger partial charge in [-0.15, -0.1) is 0 Å². The minimum Gasteiger partial charge on any atom is -0.481 e. The van der Waals surface area contributed by atoms with E-state index in [1.165, 1.54) is 70.6 Å². The van der Waals surface area contributed by atoms with Gasteiger partial charge in [0.2, 0.25) is 5.91 Å². The Hall–Kier alpha value is -2.07. The normalized spacial score (nSPS) is 11.4. The van der Waals surface area contributed by atoms with E-state index in [0.717, 1.165) is 12.8 Å². The quantitative estimate of drug-likeness (QED) is 0.0564. The molecule has 0 aromatic rings. The van der Waals surface area contributed by atoms with Gasteiger partial charge in [-0.05, 0) is 12.8 Å². The molecule has 65 heavy (non-hydrogen) atoms. The Morgan fingerprint density at radius 1 is 0.323 bits per heavy atom. The van der Waals surface area contributed by atoms with Crippen LogP contribution in [-0.4, -0.2) is 195 Å². The fourth-order valence-electron chi connectivity index (χ4n) is 5.81. The predicted molar refractivity (Wildman–Crippen MR) is 246 cm³/mol. The van der Waals surface area contributed by atoms with Crippen LogP contribution in [0.3, 0.4) is 0 Å². The Labute approximate surface area is 391 Å². The molecule has 18 heteroatoms. The van der Waals surface area contributed by atoms with E-state index in [1.807, 2.05) is 0 Å². The lowest BCUT2D eigenvalue weighted by Crippen LogP contribution is -2.25. The van der Waals surface area contributed by atoms with Crippen LogP contribution in [0.25, 0.3) is 0 Å². The highest BCUT2D eigenvalue weighted by Crippen LogP contribution is 2.13. The van der Waals surface area contributed by atoms with E-state index < -0.39 is 5.97 Å². The maximum absolute atomic E-state index is 11.9. The molecule has 0 heterocycles. The number of carbonyl (C=O) groups excluding carboxylic acids is 2. The molecule has 0 atom stereocenters. The minimum absolute atomic E-state index is 0.0138.